The molecule has 0 aromatic heterocycles. The van der Waals surface area contributed by atoms with Crippen LogP contribution in [0.3, 0.4) is 0 Å². The lowest BCUT2D eigenvalue weighted by atomic mass is 10.1. The Hall–Kier alpha value is -2.69. The highest BCUT2D eigenvalue weighted by atomic mass is 16.5. The summed E-state index contributed by atoms with van der Waals surface area (Å²) in [5.41, 5.74) is 2.30. The van der Waals surface area contributed by atoms with E-state index in [1.807, 2.05) is 44.2 Å². The van der Waals surface area contributed by atoms with Gasteiger partial charge in [-0.2, -0.15) is 0 Å². The van der Waals surface area contributed by atoms with E-state index in [4.69, 9.17) is 14.2 Å². The van der Waals surface area contributed by atoms with E-state index in [0.29, 0.717) is 24.7 Å². The second-order valence-electron chi connectivity index (χ2n) is 5.36. The molecule has 0 unspecified atom stereocenters. The van der Waals surface area contributed by atoms with Gasteiger partial charge >= 0.3 is 0 Å². The van der Waals surface area contributed by atoms with Crippen molar-refractivity contribution in [2.24, 2.45) is 0 Å². The molecular weight excluding hydrogens is 306 g/mol. The fourth-order valence-electron chi connectivity index (χ4n) is 2.12. The molecule has 5 nitrogen and oxygen atoms in total. The van der Waals surface area contributed by atoms with E-state index in [2.05, 4.69) is 5.32 Å². The Morgan fingerprint density at radius 3 is 2.58 bits per heavy atom. The number of hydrogen-bond donors (Lipinski definition) is 1. The number of methoxy groups -OCH3 is 1. The highest BCUT2D eigenvalue weighted by molar-refractivity contribution is 5.77. The molecule has 2 aromatic rings. The van der Waals surface area contributed by atoms with Gasteiger partial charge in [0, 0.05) is 6.07 Å². The second-order valence-corrected chi connectivity index (χ2v) is 5.36. The molecular formula is C19H23NO4. The normalized spacial score (nSPS) is 10.1. The Morgan fingerprint density at radius 2 is 1.79 bits per heavy atom. The average molecular weight is 329 g/mol. The summed E-state index contributed by atoms with van der Waals surface area (Å²) < 4.78 is 16.2. The summed E-state index contributed by atoms with van der Waals surface area (Å²) in [4.78, 5) is 11.8. The van der Waals surface area contributed by atoms with E-state index in [9.17, 15) is 4.79 Å². The monoisotopic (exact) mass is 329 g/mol. The number of carbonyl (C=O) groups is 1. The molecule has 0 bridgehead atoms. The summed E-state index contributed by atoms with van der Waals surface area (Å²) >= 11 is 0. The third kappa shape index (κ3) is 5.19. The molecule has 128 valence electrons. The van der Waals surface area contributed by atoms with Crippen LogP contribution in [0.1, 0.15) is 11.1 Å². The molecule has 0 saturated heterocycles. The summed E-state index contributed by atoms with van der Waals surface area (Å²) in [6.07, 6.45) is 0. The first-order valence-electron chi connectivity index (χ1n) is 7.82. The van der Waals surface area contributed by atoms with Crippen LogP contribution in [0.25, 0.3) is 0 Å². The molecule has 0 heterocycles. The Kier molecular flexibility index (Phi) is 6.49. The predicted molar refractivity (Wildman–Crippen MR) is 92.9 cm³/mol. The van der Waals surface area contributed by atoms with Crippen LogP contribution in [-0.4, -0.2) is 32.8 Å². The maximum Gasteiger partial charge on any atom is 0.258 e. The first-order chi connectivity index (χ1) is 11.6. The summed E-state index contributed by atoms with van der Waals surface area (Å²) in [5.74, 6) is 1.94. The minimum Gasteiger partial charge on any atom is -0.497 e. The van der Waals surface area contributed by atoms with E-state index in [0.717, 1.165) is 11.3 Å². The first-order valence-corrected chi connectivity index (χ1v) is 7.82. The molecule has 0 atom stereocenters. The standard InChI is InChI=1S/C19H23NO4/c1-14-6-4-9-18(15(14)2)23-11-10-20-19(21)13-24-17-8-5-7-16(12-17)22-3/h4-9,12H,10-11,13H2,1-3H3,(H,20,21). The van der Waals surface area contributed by atoms with Gasteiger partial charge in [0.1, 0.15) is 23.9 Å². The number of nitrogens with one attached hydrogen (secondary N) is 1. The predicted octanol–water partition coefficient (Wildman–Crippen LogP) is 2.89. The molecule has 2 aromatic carbocycles. The molecule has 0 saturated carbocycles. The van der Waals surface area contributed by atoms with E-state index >= 15 is 0 Å². The van der Waals surface area contributed by atoms with Crippen molar-refractivity contribution in [2.45, 2.75) is 13.8 Å². The molecule has 0 aliphatic heterocycles. The molecule has 0 aliphatic rings. The van der Waals surface area contributed by atoms with Crippen LogP contribution in [-0.2, 0) is 4.79 Å². The average Bonchev–Trinajstić information content (AvgIpc) is 2.60. The summed E-state index contributed by atoms with van der Waals surface area (Å²) in [6, 6.07) is 13.1. The summed E-state index contributed by atoms with van der Waals surface area (Å²) in [6.45, 7) is 4.85. The van der Waals surface area contributed by atoms with Crippen molar-refractivity contribution in [3.05, 3.63) is 53.6 Å². The number of aryl methyl sites for hydroxylation is 1. The fraction of sp³-hybridized carbons (Fsp3) is 0.316. The topological polar surface area (TPSA) is 56.8 Å². The molecule has 0 radical (unpaired) electrons. The van der Waals surface area contributed by atoms with E-state index in [1.54, 1.807) is 19.2 Å². The highest BCUT2D eigenvalue weighted by Crippen LogP contribution is 2.20. The maximum atomic E-state index is 11.8. The number of hydrogen-bond acceptors (Lipinski definition) is 4. The highest BCUT2D eigenvalue weighted by Gasteiger charge is 2.05. The zero-order valence-electron chi connectivity index (χ0n) is 14.3. The minimum absolute atomic E-state index is 0.0450. The Labute approximate surface area is 142 Å². The lowest BCUT2D eigenvalue weighted by Crippen LogP contribution is -2.32. The van der Waals surface area contributed by atoms with Crippen LogP contribution in [0.15, 0.2) is 42.5 Å². The van der Waals surface area contributed by atoms with Gasteiger partial charge in [-0.25, -0.2) is 0 Å². The van der Waals surface area contributed by atoms with Crippen LogP contribution in [0.5, 0.6) is 17.2 Å². The smallest absolute Gasteiger partial charge is 0.258 e. The Bertz CT molecular complexity index is 685. The van der Waals surface area contributed by atoms with Crippen molar-refractivity contribution in [1.82, 2.24) is 5.32 Å². The van der Waals surface area contributed by atoms with Gasteiger partial charge in [-0.3, -0.25) is 4.79 Å². The van der Waals surface area contributed by atoms with E-state index in [1.165, 1.54) is 5.56 Å². The van der Waals surface area contributed by atoms with Crippen molar-refractivity contribution in [2.75, 3.05) is 26.9 Å². The van der Waals surface area contributed by atoms with Gasteiger partial charge in [-0.1, -0.05) is 18.2 Å². The molecule has 0 spiro atoms. The Morgan fingerprint density at radius 1 is 1.04 bits per heavy atom. The van der Waals surface area contributed by atoms with Crippen molar-refractivity contribution in [3.63, 3.8) is 0 Å². The number of amides is 1. The quantitative estimate of drug-likeness (QED) is 0.757. The van der Waals surface area contributed by atoms with E-state index < -0.39 is 0 Å². The maximum absolute atomic E-state index is 11.8. The van der Waals surface area contributed by atoms with Gasteiger partial charge in [0.05, 0.1) is 13.7 Å². The third-order valence-corrected chi connectivity index (χ3v) is 3.65. The molecule has 1 amide bonds. The molecule has 5 heteroatoms. The SMILES string of the molecule is COc1cccc(OCC(=O)NCCOc2cccc(C)c2C)c1. The summed E-state index contributed by atoms with van der Waals surface area (Å²) in [7, 11) is 1.59. The fourth-order valence-corrected chi connectivity index (χ4v) is 2.12. The van der Waals surface area contributed by atoms with Crippen molar-refractivity contribution in [3.8, 4) is 17.2 Å². The largest absolute Gasteiger partial charge is 0.497 e. The van der Waals surface area contributed by atoms with Crippen LogP contribution >= 0.6 is 0 Å². The van der Waals surface area contributed by atoms with Gasteiger partial charge < -0.3 is 19.5 Å². The Balaban J connectivity index is 1.69. The van der Waals surface area contributed by atoms with E-state index in [-0.39, 0.29) is 12.5 Å². The summed E-state index contributed by atoms with van der Waals surface area (Å²) in [5, 5.41) is 2.77. The van der Waals surface area contributed by atoms with Crippen molar-refractivity contribution in [1.29, 1.82) is 0 Å². The van der Waals surface area contributed by atoms with Crippen molar-refractivity contribution < 1.29 is 19.0 Å². The zero-order chi connectivity index (χ0) is 17.4. The minimum atomic E-state index is -0.192. The number of benzene rings is 2. The molecule has 0 aliphatic carbocycles. The lowest BCUT2D eigenvalue weighted by Gasteiger charge is -2.12. The van der Waals surface area contributed by atoms with Crippen LogP contribution in [0.4, 0.5) is 0 Å². The molecule has 2 rings (SSSR count). The molecule has 1 N–H and O–H groups in total. The van der Waals surface area contributed by atoms with Crippen LogP contribution < -0.4 is 19.5 Å². The van der Waals surface area contributed by atoms with Crippen molar-refractivity contribution >= 4 is 5.91 Å². The van der Waals surface area contributed by atoms with Gasteiger partial charge in [-0.15, -0.1) is 0 Å². The molecule has 0 fully saturated rings. The van der Waals surface area contributed by atoms with Gasteiger partial charge in [-0.05, 0) is 43.2 Å². The lowest BCUT2D eigenvalue weighted by molar-refractivity contribution is -0.123. The van der Waals surface area contributed by atoms with Crippen LogP contribution in [0, 0.1) is 13.8 Å². The van der Waals surface area contributed by atoms with Gasteiger partial charge in [0.2, 0.25) is 0 Å². The third-order valence-electron chi connectivity index (χ3n) is 3.65. The van der Waals surface area contributed by atoms with Gasteiger partial charge in [0.15, 0.2) is 6.61 Å². The number of rotatable bonds is 8. The molecule has 24 heavy (non-hydrogen) atoms. The number of ether oxygens (including phenoxy) is 3. The van der Waals surface area contributed by atoms with Gasteiger partial charge in [0.25, 0.3) is 5.91 Å². The first kappa shape index (κ1) is 17.7. The second kappa shape index (κ2) is 8.82. The number of carbonyl (C=O) groups excluding carboxylic acids is 1. The zero-order valence-corrected chi connectivity index (χ0v) is 14.3. The van der Waals surface area contributed by atoms with Crippen LogP contribution in [0.2, 0.25) is 0 Å².